The van der Waals surface area contributed by atoms with Crippen LogP contribution in [0, 0.1) is 11.8 Å². The number of phenolic OH excluding ortho intramolecular Hbond substituents is 1. The molecule has 0 fully saturated rings. The molecule has 0 bridgehead atoms. The maximum Gasteiger partial charge on any atom is 0.322 e. The highest BCUT2D eigenvalue weighted by Gasteiger charge is 2.35. The van der Waals surface area contributed by atoms with Crippen LogP contribution < -0.4 is 60.2 Å². The van der Waals surface area contributed by atoms with Gasteiger partial charge in [0.1, 0.15) is 48.5 Å². The van der Waals surface area contributed by atoms with Crippen LogP contribution >= 0.6 is 0 Å². The van der Waals surface area contributed by atoms with E-state index in [2.05, 4.69) is 42.2 Å². The second kappa shape index (κ2) is 29.0. The number of aromatic hydroxyl groups is 1. The lowest BCUT2D eigenvalue weighted by Crippen LogP contribution is -2.62. The molecule has 0 radical (unpaired) electrons. The van der Waals surface area contributed by atoms with Crippen molar-refractivity contribution in [3.05, 3.63) is 29.8 Å². The summed E-state index contributed by atoms with van der Waals surface area (Å²) in [6.07, 6.45) is -2.09. The Morgan fingerprint density at radius 1 is 0.636 bits per heavy atom. The lowest BCUT2D eigenvalue weighted by Gasteiger charge is -2.28. The monoisotopic (exact) mass is 937 g/mol. The fourth-order valence-corrected chi connectivity index (χ4v) is 6.19. The van der Waals surface area contributed by atoms with E-state index < -0.39 is 115 Å². The molecule has 1 aromatic rings. The Balaban J connectivity index is 3.36. The molecule has 25 heteroatoms. The fraction of sp³-hybridized carbons (Fsp3) is 0.610. The first-order valence-electron chi connectivity index (χ1n) is 21.3. The van der Waals surface area contributed by atoms with E-state index in [0.717, 1.165) is 6.92 Å². The molecule has 0 heterocycles. The van der Waals surface area contributed by atoms with Gasteiger partial charge < -0.3 is 80.6 Å². The number of phenols is 1. The highest BCUT2D eigenvalue weighted by atomic mass is 16.4. The van der Waals surface area contributed by atoms with Gasteiger partial charge in [-0.1, -0.05) is 39.8 Å². The normalized spacial score (nSPS) is 14.7. The van der Waals surface area contributed by atoms with Gasteiger partial charge in [-0.15, -0.1) is 0 Å². The summed E-state index contributed by atoms with van der Waals surface area (Å²) < 4.78 is 0. The molecule has 0 saturated carbocycles. The minimum atomic E-state index is -1.84. The van der Waals surface area contributed by atoms with Crippen molar-refractivity contribution in [3.8, 4) is 5.75 Å². The number of carbonyl (C=O) groups excluding carboxylic acids is 8. The molecule has 0 aliphatic carbocycles. The molecule has 0 saturated heterocycles. The number of nitrogens with one attached hydrogen (secondary N) is 7. The highest BCUT2D eigenvalue weighted by molar-refractivity contribution is 5.98. The topological polar surface area (TPSA) is 435 Å². The first-order chi connectivity index (χ1) is 30.8. The first kappa shape index (κ1) is 57.4. The first-order valence-corrected chi connectivity index (χ1v) is 21.3. The van der Waals surface area contributed by atoms with E-state index in [9.17, 15) is 58.5 Å². The molecule has 0 aliphatic heterocycles. The number of aliphatic hydroxyl groups excluding tert-OH is 2. The van der Waals surface area contributed by atoms with E-state index in [0.29, 0.717) is 12.0 Å². The van der Waals surface area contributed by atoms with E-state index >= 15 is 0 Å². The maximum absolute atomic E-state index is 14.0. The third kappa shape index (κ3) is 22.3. The quantitative estimate of drug-likeness (QED) is 0.0195. The largest absolute Gasteiger partial charge is 0.508 e. The second-order valence-corrected chi connectivity index (χ2v) is 16.5. The van der Waals surface area contributed by atoms with Crippen LogP contribution in [0.25, 0.3) is 0 Å². The van der Waals surface area contributed by atoms with Gasteiger partial charge in [-0.3, -0.25) is 48.1 Å². The summed E-state index contributed by atoms with van der Waals surface area (Å²) in [5.74, 6) is -9.37. The molecule has 25 nitrogen and oxygen atoms in total. The number of carboxylic acids is 1. The van der Waals surface area contributed by atoms with Gasteiger partial charge in [0.05, 0.1) is 18.8 Å². The van der Waals surface area contributed by atoms with Crippen molar-refractivity contribution >= 4 is 59.2 Å². The maximum atomic E-state index is 14.0. The summed E-state index contributed by atoms with van der Waals surface area (Å²) >= 11 is 0. The van der Waals surface area contributed by atoms with Gasteiger partial charge in [0.15, 0.2) is 5.96 Å². The molecule has 19 N–H and O–H groups in total. The van der Waals surface area contributed by atoms with Crippen molar-refractivity contribution in [2.45, 2.75) is 128 Å². The summed E-state index contributed by atoms with van der Waals surface area (Å²) in [6, 6.07) is -4.76. The molecule has 370 valence electrons. The van der Waals surface area contributed by atoms with E-state index in [1.54, 1.807) is 27.7 Å². The minimum Gasteiger partial charge on any atom is -0.508 e. The Hall–Kier alpha value is -6.60. The van der Waals surface area contributed by atoms with Crippen molar-refractivity contribution in [1.29, 1.82) is 0 Å². The van der Waals surface area contributed by atoms with E-state index in [1.165, 1.54) is 24.3 Å². The Morgan fingerprint density at radius 2 is 1.12 bits per heavy atom. The molecule has 0 aliphatic rings. The molecule has 1 rings (SSSR count). The van der Waals surface area contributed by atoms with Crippen LogP contribution in [0.2, 0.25) is 0 Å². The minimum absolute atomic E-state index is 0.0237. The summed E-state index contributed by atoms with van der Waals surface area (Å²) in [5.41, 5.74) is 22.3. The van der Waals surface area contributed by atoms with Gasteiger partial charge in [0.2, 0.25) is 47.3 Å². The molecule has 66 heavy (non-hydrogen) atoms. The number of amides is 8. The average molecular weight is 937 g/mol. The predicted octanol–water partition coefficient (Wildman–Crippen LogP) is -4.84. The van der Waals surface area contributed by atoms with Crippen molar-refractivity contribution in [2.24, 2.45) is 39.8 Å². The molecule has 8 atom stereocenters. The number of carbonyl (C=O) groups is 9. The van der Waals surface area contributed by atoms with Crippen LogP contribution in [-0.2, 0) is 49.6 Å². The molecule has 8 amide bonds. The van der Waals surface area contributed by atoms with Gasteiger partial charge in [-0.25, -0.2) is 0 Å². The zero-order valence-corrected chi connectivity index (χ0v) is 37.9. The smallest absolute Gasteiger partial charge is 0.322 e. The van der Waals surface area contributed by atoms with Gasteiger partial charge in [0.25, 0.3) is 0 Å². The molecule has 0 aromatic heterocycles. The van der Waals surface area contributed by atoms with Crippen LogP contribution in [0.5, 0.6) is 5.75 Å². The number of benzene rings is 1. The standard InChI is InChI=1S/C41H68N12O13/c1-20(2)15-27(35(61)47-18-32(58)59)49-37(63)28(16-21(3)4)50-39(65)30(19-54)52-40(66)33(22(5)55)53-38(64)29(17-23-8-10-24(56)11-9-23)51-36(62)26(12-13-31(43)57)48-34(60)25(42)7-6-14-46-41(44)45/h8-11,20-22,25-30,33,54-56H,6-7,12-19,42H2,1-5H3,(H2,43,57)(H,47,61)(H,48,60)(H,49,63)(H,50,65)(H,51,62)(H,52,66)(H,53,64)(H,58,59)(H4,44,45,46)/t22-,25+,26+,27+,28+,29+,30+,33+/m1/s1. The number of rotatable bonds is 30. The van der Waals surface area contributed by atoms with E-state index in [-0.39, 0.29) is 68.6 Å². The highest BCUT2D eigenvalue weighted by Crippen LogP contribution is 2.13. The van der Waals surface area contributed by atoms with E-state index in [1.807, 2.05) is 0 Å². The Bertz CT molecular complexity index is 1840. The lowest BCUT2D eigenvalue weighted by molar-refractivity contribution is -0.139. The number of aliphatic hydroxyl groups is 2. The Morgan fingerprint density at radius 3 is 1.62 bits per heavy atom. The number of primary amides is 1. The summed E-state index contributed by atoms with van der Waals surface area (Å²) in [4.78, 5) is 121. The predicted molar refractivity (Wildman–Crippen MR) is 238 cm³/mol. The number of nitrogens with zero attached hydrogens (tertiary/aromatic N) is 1. The SMILES string of the molecule is CC(C)C[C@H](NC(=O)[C@H](CC(C)C)NC(=O)[C@H](CO)NC(=O)[C@@H](NC(=O)[C@H](Cc1ccc(O)cc1)NC(=O)[C@H](CCC(N)=O)NC(=O)[C@@H](N)CCCN=C(N)N)[C@@H](C)O)C(=O)NCC(=O)O. The fourth-order valence-electron chi connectivity index (χ4n) is 6.19. The number of aliphatic carboxylic acids is 1. The van der Waals surface area contributed by atoms with Crippen LogP contribution in [0.15, 0.2) is 29.3 Å². The van der Waals surface area contributed by atoms with Crippen LogP contribution in [0.1, 0.15) is 78.7 Å². The lowest BCUT2D eigenvalue weighted by atomic mass is 9.99. The molecule has 1 aromatic carbocycles. The number of aliphatic imine (C=N–C) groups is 1. The van der Waals surface area contributed by atoms with Crippen LogP contribution in [0.3, 0.4) is 0 Å². The summed E-state index contributed by atoms with van der Waals surface area (Å²) in [7, 11) is 0. The third-order valence-corrected chi connectivity index (χ3v) is 9.60. The summed E-state index contributed by atoms with van der Waals surface area (Å²) in [5, 5.41) is 56.4. The number of nitrogens with two attached hydrogens (primary N) is 4. The molecular formula is C41H68N12O13. The van der Waals surface area contributed by atoms with E-state index in [4.69, 9.17) is 28.0 Å². The average Bonchev–Trinajstić information content (AvgIpc) is 3.22. The second-order valence-electron chi connectivity index (χ2n) is 16.5. The van der Waals surface area contributed by atoms with Crippen molar-refractivity contribution < 1.29 is 63.6 Å². The number of hydrogen-bond donors (Lipinski definition) is 15. The van der Waals surface area contributed by atoms with Crippen molar-refractivity contribution in [1.82, 2.24) is 37.2 Å². The van der Waals surface area contributed by atoms with Crippen LogP contribution in [-0.4, -0.2) is 148 Å². The number of guanidine groups is 1. The van der Waals surface area contributed by atoms with Crippen molar-refractivity contribution in [3.63, 3.8) is 0 Å². The van der Waals surface area contributed by atoms with Gasteiger partial charge in [-0.2, -0.15) is 0 Å². The van der Waals surface area contributed by atoms with Gasteiger partial charge in [0, 0.05) is 19.4 Å². The van der Waals surface area contributed by atoms with Gasteiger partial charge >= 0.3 is 5.97 Å². The molecule has 0 unspecified atom stereocenters. The zero-order valence-electron chi connectivity index (χ0n) is 37.9. The number of hydrogen-bond acceptors (Lipinski definition) is 14. The Labute approximate surface area is 382 Å². The van der Waals surface area contributed by atoms with Crippen molar-refractivity contribution in [2.75, 3.05) is 19.7 Å². The van der Waals surface area contributed by atoms with Crippen LogP contribution in [0.4, 0.5) is 0 Å². The molecular weight excluding hydrogens is 869 g/mol. The number of carboxylic acid groups (broad SMARTS) is 1. The Kier molecular flexibility index (Phi) is 25.3. The zero-order chi connectivity index (χ0) is 50.3. The molecule has 0 spiro atoms. The summed E-state index contributed by atoms with van der Waals surface area (Å²) in [6.45, 7) is 6.59. The van der Waals surface area contributed by atoms with Gasteiger partial charge in [-0.05, 0) is 68.6 Å². The third-order valence-electron chi connectivity index (χ3n) is 9.60.